The Morgan fingerprint density at radius 2 is 0.525 bits per heavy atom. The van der Waals surface area contributed by atoms with Gasteiger partial charge in [0, 0.05) is 0 Å². The fraction of sp³-hybridized carbons (Fsp3) is 0.556. The summed E-state index contributed by atoms with van der Waals surface area (Å²) in [6.45, 7) is 0. The van der Waals surface area contributed by atoms with E-state index >= 15 is 0 Å². The van der Waals surface area contributed by atoms with Crippen LogP contribution in [0.25, 0.3) is 0 Å². The van der Waals surface area contributed by atoms with Crippen LogP contribution in [-0.2, 0) is 20.9 Å². The van der Waals surface area contributed by atoms with Crippen LogP contribution in [0.4, 0.5) is 0 Å². The predicted octanol–water partition coefficient (Wildman–Crippen LogP) is 14.0. The smallest absolute Gasteiger partial charge is 0.150 e. The number of nitrogens with zero attached hydrogens (tertiary/aromatic N) is 2. The topological polar surface area (TPSA) is 40.6 Å². The van der Waals surface area contributed by atoms with E-state index in [4.69, 9.17) is 0 Å². The van der Waals surface area contributed by atoms with Gasteiger partial charge in [-0.25, -0.2) is 8.42 Å². The lowest BCUT2D eigenvalue weighted by Gasteiger charge is -2.41. The van der Waals surface area contributed by atoms with Gasteiger partial charge in [-0.3, -0.25) is 9.80 Å². The minimum Gasteiger partial charge on any atom is -0.296 e. The maximum absolute atomic E-state index is 12.7. The van der Waals surface area contributed by atoms with E-state index in [1.165, 1.54) is 112 Å². The lowest BCUT2D eigenvalue weighted by atomic mass is 9.77. The minimum atomic E-state index is -2.91. The fourth-order valence-corrected chi connectivity index (χ4v) is 11.1. The van der Waals surface area contributed by atoms with Crippen molar-refractivity contribution in [1.29, 1.82) is 0 Å². The van der Waals surface area contributed by atoms with Crippen LogP contribution in [0.5, 0.6) is 0 Å². The molecule has 0 aromatic heterocycles. The molecule has 0 radical (unpaired) electrons. The summed E-state index contributed by atoms with van der Waals surface area (Å²) >= 11 is 0. The molecule has 4 rings (SSSR count). The van der Waals surface area contributed by atoms with E-state index in [0.29, 0.717) is 11.5 Å². The third-order valence-corrected chi connectivity index (χ3v) is 14.8. The van der Waals surface area contributed by atoms with E-state index in [9.17, 15) is 8.42 Å². The molecule has 0 bridgehead atoms. The third kappa shape index (κ3) is 15.6. The fourth-order valence-electron chi connectivity index (χ4n) is 9.58. The molecule has 0 aliphatic carbocycles. The normalized spacial score (nSPS) is 12.4. The highest BCUT2D eigenvalue weighted by Gasteiger charge is 2.37. The molecule has 0 aliphatic heterocycles. The van der Waals surface area contributed by atoms with Crippen molar-refractivity contribution in [2.45, 2.75) is 152 Å². The largest absolute Gasteiger partial charge is 0.296 e. The molecule has 0 fully saturated rings. The van der Waals surface area contributed by atoms with E-state index in [2.05, 4.69) is 159 Å². The summed E-state index contributed by atoms with van der Waals surface area (Å²) in [6.07, 6.45) is 26.0. The summed E-state index contributed by atoms with van der Waals surface area (Å²) in [4.78, 5) is 4.81. The molecule has 0 saturated carbocycles. The highest BCUT2D eigenvalue weighted by molar-refractivity contribution is 7.91. The van der Waals surface area contributed by atoms with Crippen molar-refractivity contribution in [3.63, 3.8) is 0 Å². The van der Waals surface area contributed by atoms with Crippen LogP contribution in [0.3, 0.4) is 0 Å². The highest BCUT2D eigenvalue weighted by atomic mass is 32.2. The Morgan fingerprint density at radius 1 is 0.322 bits per heavy atom. The Morgan fingerprint density at radius 3 is 0.746 bits per heavy atom. The van der Waals surface area contributed by atoms with Crippen LogP contribution in [0, 0.1) is 0 Å². The monoisotopic (exact) mass is 821 g/mol. The summed E-state index contributed by atoms with van der Waals surface area (Å²) < 4.78 is 25.3. The first-order chi connectivity index (χ1) is 28.7. The van der Waals surface area contributed by atoms with Crippen molar-refractivity contribution in [3.8, 4) is 0 Å². The SMILES string of the molecule is CN(C)C(CCCCCCCCCCCCS(=O)(=O)CCCCCCCCCCCCC(c1ccccc1)(c1ccccc1)N(C)C)(c1ccccc1)c1ccccc1. The third-order valence-electron chi connectivity index (χ3n) is 13.0. The van der Waals surface area contributed by atoms with Crippen LogP contribution < -0.4 is 0 Å². The molecule has 0 unspecified atom stereocenters. The van der Waals surface area contributed by atoms with E-state index in [0.717, 1.165) is 51.4 Å². The summed E-state index contributed by atoms with van der Waals surface area (Å²) in [5, 5.41) is 0. The molecular weight excluding hydrogens is 741 g/mol. The molecule has 4 aromatic rings. The average Bonchev–Trinajstić information content (AvgIpc) is 3.25. The Hall–Kier alpha value is -3.25. The predicted molar refractivity (Wildman–Crippen MR) is 255 cm³/mol. The molecular formula is C54H80N2O2S. The van der Waals surface area contributed by atoms with Gasteiger partial charge in [0.15, 0.2) is 0 Å². The van der Waals surface area contributed by atoms with Gasteiger partial charge in [0.05, 0.1) is 22.6 Å². The summed E-state index contributed by atoms with van der Waals surface area (Å²) in [7, 11) is 5.96. The second-order valence-corrected chi connectivity index (χ2v) is 20.0. The molecule has 5 heteroatoms. The van der Waals surface area contributed by atoms with E-state index in [1.54, 1.807) is 0 Å². The Kier molecular flexibility index (Phi) is 22.0. The van der Waals surface area contributed by atoms with E-state index < -0.39 is 9.84 Å². The molecule has 0 atom stereocenters. The van der Waals surface area contributed by atoms with Gasteiger partial charge in [-0.2, -0.15) is 0 Å². The molecule has 0 amide bonds. The first-order valence-corrected chi connectivity index (χ1v) is 25.3. The zero-order valence-corrected chi connectivity index (χ0v) is 38.5. The number of hydrogen-bond donors (Lipinski definition) is 0. The van der Waals surface area contributed by atoms with Crippen molar-refractivity contribution in [2.24, 2.45) is 0 Å². The standard InChI is InChI=1S/C54H80N2O2S/c1-55(2)53(49-37-25-21-26-38-49,50-39-27-22-28-40-50)45-33-17-13-9-5-7-11-15-19-35-47-59(57,58)48-36-20-16-12-8-6-10-14-18-34-46-54(56(3)4,51-41-29-23-30-42-51)52-43-31-24-32-44-52/h21-32,37-44H,5-20,33-36,45-48H2,1-4H3. The zero-order chi connectivity index (χ0) is 42.1. The highest BCUT2D eigenvalue weighted by Crippen LogP contribution is 2.40. The number of sulfone groups is 1. The zero-order valence-electron chi connectivity index (χ0n) is 37.6. The Bertz CT molecular complexity index is 1540. The molecule has 4 aromatic carbocycles. The van der Waals surface area contributed by atoms with Gasteiger partial charge >= 0.3 is 0 Å². The number of rotatable bonds is 32. The molecule has 0 N–H and O–H groups in total. The summed E-state index contributed by atoms with van der Waals surface area (Å²) in [5.41, 5.74) is 5.27. The van der Waals surface area contributed by atoms with Gasteiger partial charge in [0.25, 0.3) is 0 Å². The van der Waals surface area contributed by atoms with Gasteiger partial charge < -0.3 is 0 Å². The van der Waals surface area contributed by atoms with Gasteiger partial charge in [0.2, 0.25) is 0 Å². The maximum atomic E-state index is 12.7. The summed E-state index contributed by atoms with van der Waals surface area (Å²) in [5.74, 6) is 0.750. The second-order valence-electron chi connectivity index (χ2n) is 17.7. The number of benzene rings is 4. The lowest BCUT2D eigenvalue weighted by Crippen LogP contribution is -2.42. The first-order valence-electron chi connectivity index (χ1n) is 23.5. The van der Waals surface area contributed by atoms with Crippen molar-refractivity contribution < 1.29 is 8.42 Å². The molecule has 4 nitrogen and oxygen atoms in total. The molecule has 0 saturated heterocycles. The number of unbranched alkanes of at least 4 members (excludes halogenated alkanes) is 18. The number of hydrogen-bond acceptors (Lipinski definition) is 4. The molecule has 324 valence electrons. The van der Waals surface area contributed by atoms with Crippen molar-refractivity contribution >= 4 is 9.84 Å². The average molecular weight is 821 g/mol. The molecule has 0 aliphatic rings. The first kappa shape index (κ1) is 48.4. The van der Waals surface area contributed by atoms with Gasteiger partial charge in [-0.15, -0.1) is 0 Å². The second kappa shape index (κ2) is 26.9. The van der Waals surface area contributed by atoms with E-state index in [1.807, 2.05) is 0 Å². The quantitative estimate of drug-likeness (QED) is 0.0460. The summed E-state index contributed by atoms with van der Waals surface area (Å²) in [6, 6.07) is 44.0. The van der Waals surface area contributed by atoms with Crippen molar-refractivity contribution in [1.82, 2.24) is 9.80 Å². The lowest BCUT2D eigenvalue weighted by molar-refractivity contribution is 0.180. The van der Waals surface area contributed by atoms with E-state index in [-0.39, 0.29) is 11.1 Å². The molecule has 0 spiro atoms. The van der Waals surface area contributed by atoms with Crippen LogP contribution in [-0.4, -0.2) is 57.9 Å². The van der Waals surface area contributed by atoms with Crippen LogP contribution in [0.1, 0.15) is 164 Å². The Labute approximate surface area is 362 Å². The molecule has 0 heterocycles. The Balaban J connectivity index is 0.966. The van der Waals surface area contributed by atoms with Crippen LogP contribution in [0.2, 0.25) is 0 Å². The van der Waals surface area contributed by atoms with Gasteiger partial charge in [0.1, 0.15) is 9.84 Å². The van der Waals surface area contributed by atoms with Crippen molar-refractivity contribution in [3.05, 3.63) is 144 Å². The minimum absolute atomic E-state index is 0.106. The van der Waals surface area contributed by atoms with Gasteiger partial charge in [-0.05, 0) is 76.1 Å². The molecule has 59 heavy (non-hydrogen) atoms. The maximum Gasteiger partial charge on any atom is 0.150 e. The van der Waals surface area contributed by atoms with Crippen molar-refractivity contribution in [2.75, 3.05) is 39.7 Å². The van der Waals surface area contributed by atoms with Gasteiger partial charge in [-0.1, -0.05) is 237 Å². The van der Waals surface area contributed by atoms with Crippen LogP contribution >= 0.6 is 0 Å². The van der Waals surface area contributed by atoms with Crippen LogP contribution in [0.15, 0.2) is 121 Å².